The Labute approximate surface area is 269 Å². The van der Waals surface area contributed by atoms with E-state index in [-0.39, 0.29) is 10.6 Å². The minimum Gasteiger partial charge on any atom is -0.384 e. The van der Waals surface area contributed by atoms with Gasteiger partial charge in [0.25, 0.3) is 5.91 Å². The van der Waals surface area contributed by atoms with E-state index < -0.39 is 33.3 Å². The fourth-order valence-corrected chi connectivity index (χ4v) is 7.55. The van der Waals surface area contributed by atoms with Crippen molar-refractivity contribution in [1.29, 1.82) is 0 Å². The SMILES string of the molecule is CC(C)N(CCNc1ccc(S(=O)(=O)Oc2ccc3nc(NC(=O)C4(OC(C)(C)C)CCCC4N=C=O)sc3c2)cc1)C(C)C. The number of ether oxygens (including phenoxy) is 1. The van der Waals surface area contributed by atoms with Crippen molar-refractivity contribution in [2.45, 2.75) is 102 Å². The predicted octanol–water partition coefficient (Wildman–Crippen LogP) is 5.98. The molecule has 1 aromatic heterocycles. The summed E-state index contributed by atoms with van der Waals surface area (Å²) in [5.74, 6) is -0.315. The average Bonchev–Trinajstić information content (AvgIpc) is 3.53. The maximum absolute atomic E-state index is 13.6. The summed E-state index contributed by atoms with van der Waals surface area (Å²) in [7, 11) is -4.10. The summed E-state index contributed by atoms with van der Waals surface area (Å²) in [5, 5.41) is 6.49. The molecule has 1 aliphatic carbocycles. The van der Waals surface area contributed by atoms with E-state index in [1.54, 1.807) is 30.3 Å². The van der Waals surface area contributed by atoms with Crippen molar-refractivity contribution in [2.24, 2.45) is 4.99 Å². The van der Waals surface area contributed by atoms with Gasteiger partial charge in [-0.1, -0.05) is 11.3 Å². The quantitative estimate of drug-likeness (QED) is 0.129. The van der Waals surface area contributed by atoms with Gasteiger partial charge in [-0.15, -0.1) is 0 Å². The van der Waals surface area contributed by atoms with E-state index in [1.807, 2.05) is 20.8 Å². The number of thiazole rings is 1. The van der Waals surface area contributed by atoms with Crippen LogP contribution < -0.4 is 14.8 Å². The number of nitrogens with zero attached hydrogens (tertiary/aromatic N) is 3. The molecule has 0 bridgehead atoms. The molecule has 1 amide bonds. The molecular weight excluding hydrogens is 615 g/mol. The molecule has 0 spiro atoms. The molecule has 13 heteroatoms. The number of hydrogen-bond donors (Lipinski definition) is 2. The van der Waals surface area contributed by atoms with Gasteiger partial charge in [0.15, 0.2) is 10.7 Å². The highest BCUT2D eigenvalue weighted by molar-refractivity contribution is 7.87. The summed E-state index contributed by atoms with van der Waals surface area (Å²) in [5.41, 5.74) is -0.616. The monoisotopic (exact) mass is 657 g/mol. The largest absolute Gasteiger partial charge is 0.384 e. The van der Waals surface area contributed by atoms with E-state index in [2.05, 4.69) is 53.2 Å². The summed E-state index contributed by atoms with van der Waals surface area (Å²) in [6, 6.07) is 11.4. The summed E-state index contributed by atoms with van der Waals surface area (Å²) in [4.78, 5) is 35.5. The lowest BCUT2D eigenvalue weighted by Gasteiger charge is -2.37. The smallest absolute Gasteiger partial charge is 0.339 e. The van der Waals surface area contributed by atoms with Crippen molar-refractivity contribution in [1.82, 2.24) is 9.88 Å². The number of benzene rings is 2. The Morgan fingerprint density at radius 2 is 1.84 bits per heavy atom. The topological polar surface area (TPSA) is 139 Å². The van der Waals surface area contributed by atoms with E-state index >= 15 is 0 Å². The molecule has 1 fully saturated rings. The van der Waals surface area contributed by atoms with Gasteiger partial charge in [-0.05, 0) is 104 Å². The Hall–Kier alpha value is -3.35. The molecular formula is C32H43N5O6S2. The third-order valence-corrected chi connectivity index (χ3v) is 9.80. The van der Waals surface area contributed by atoms with Crippen LogP contribution in [-0.2, 0) is 24.4 Å². The molecule has 0 radical (unpaired) electrons. The molecule has 1 heterocycles. The third kappa shape index (κ3) is 8.47. The van der Waals surface area contributed by atoms with E-state index in [0.29, 0.717) is 46.7 Å². The molecule has 244 valence electrons. The Morgan fingerprint density at radius 3 is 2.47 bits per heavy atom. The molecule has 45 heavy (non-hydrogen) atoms. The fraction of sp³-hybridized carbons (Fsp3) is 0.531. The van der Waals surface area contributed by atoms with Crippen LogP contribution in [0.4, 0.5) is 10.8 Å². The molecule has 1 aliphatic rings. The van der Waals surface area contributed by atoms with Gasteiger partial charge in [0, 0.05) is 36.9 Å². The van der Waals surface area contributed by atoms with Crippen LogP contribution in [0.2, 0.25) is 0 Å². The molecule has 2 atom stereocenters. The van der Waals surface area contributed by atoms with Crippen LogP contribution in [0.1, 0.15) is 67.7 Å². The highest BCUT2D eigenvalue weighted by Crippen LogP contribution is 2.40. The first kappa shape index (κ1) is 34.5. The maximum atomic E-state index is 13.6. The van der Waals surface area contributed by atoms with Gasteiger partial charge in [0.05, 0.1) is 15.8 Å². The summed E-state index contributed by atoms with van der Waals surface area (Å²) >= 11 is 1.17. The highest BCUT2D eigenvalue weighted by atomic mass is 32.2. The number of fused-ring (bicyclic) bond motifs is 1. The van der Waals surface area contributed by atoms with Gasteiger partial charge >= 0.3 is 10.1 Å². The van der Waals surface area contributed by atoms with E-state index in [4.69, 9.17) is 8.92 Å². The lowest BCUT2D eigenvalue weighted by atomic mass is 9.94. The fourth-order valence-electron chi connectivity index (χ4n) is 5.74. The highest BCUT2D eigenvalue weighted by Gasteiger charge is 2.53. The first-order chi connectivity index (χ1) is 21.1. The number of hydrogen-bond acceptors (Lipinski definition) is 11. The van der Waals surface area contributed by atoms with E-state index in [0.717, 1.165) is 18.8 Å². The molecule has 4 rings (SSSR count). The zero-order chi connectivity index (χ0) is 33.0. The molecule has 0 aliphatic heterocycles. The van der Waals surface area contributed by atoms with Crippen LogP contribution in [0.3, 0.4) is 0 Å². The van der Waals surface area contributed by atoms with Crippen molar-refractivity contribution in [3.05, 3.63) is 42.5 Å². The number of carbonyl (C=O) groups excluding carboxylic acids is 2. The number of anilines is 2. The van der Waals surface area contributed by atoms with Crippen molar-refractivity contribution in [3.8, 4) is 5.75 Å². The molecule has 3 aromatic rings. The van der Waals surface area contributed by atoms with Crippen molar-refractivity contribution in [2.75, 3.05) is 23.7 Å². The second kappa shape index (κ2) is 14.0. The second-order valence-corrected chi connectivity index (χ2v) is 15.3. The molecule has 2 N–H and O–H groups in total. The molecule has 11 nitrogen and oxygen atoms in total. The Balaban J connectivity index is 1.44. The first-order valence-corrected chi connectivity index (χ1v) is 17.4. The second-order valence-electron chi connectivity index (χ2n) is 12.7. The van der Waals surface area contributed by atoms with E-state index in [1.165, 1.54) is 29.5 Å². The third-order valence-electron chi connectivity index (χ3n) is 7.60. The Kier molecular flexibility index (Phi) is 10.7. The zero-order valence-electron chi connectivity index (χ0n) is 26.9. The van der Waals surface area contributed by atoms with Crippen LogP contribution in [0.25, 0.3) is 10.2 Å². The van der Waals surface area contributed by atoms with Gasteiger partial charge < -0.3 is 14.2 Å². The minimum atomic E-state index is -4.10. The van der Waals surface area contributed by atoms with Gasteiger partial charge in [0.2, 0.25) is 6.08 Å². The zero-order valence-corrected chi connectivity index (χ0v) is 28.5. The number of nitrogens with one attached hydrogen (secondary N) is 2. The van der Waals surface area contributed by atoms with Gasteiger partial charge in [0.1, 0.15) is 16.7 Å². The standard InChI is InChI=1S/C32H43N5O6S2/c1-21(2)37(22(3)4)18-17-33-23-10-13-25(14-11-23)45(40,41)42-24-12-15-26-27(19-24)44-30(35-26)36-29(39)32(43-31(5,6)7)16-8-9-28(32)34-20-38/h10-15,19,21-22,28,33H,8-9,16-18H2,1-7H3,(H,35,36,39). The van der Waals surface area contributed by atoms with Crippen LogP contribution in [-0.4, -0.2) is 72.7 Å². The normalized spacial score (nSPS) is 18.8. The molecule has 0 saturated heterocycles. The first-order valence-electron chi connectivity index (χ1n) is 15.2. The predicted molar refractivity (Wildman–Crippen MR) is 177 cm³/mol. The lowest BCUT2D eigenvalue weighted by molar-refractivity contribution is -0.163. The number of carbonyl (C=O) groups is 1. The van der Waals surface area contributed by atoms with Crippen molar-refractivity contribution >= 4 is 54.5 Å². The minimum absolute atomic E-state index is 0.0321. The maximum Gasteiger partial charge on any atom is 0.339 e. The average molecular weight is 658 g/mol. The van der Waals surface area contributed by atoms with Gasteiger partial charge in [-0.2, -0.15) is 13.4 Å². The number of rotatable bonds is 13. The molecule has 1 saturated carbocycles. The number of aromatic nitrogens is 1. The van der Waals surface area contributed by atoms with Crippen molar-refractivity contribution < 1.29 is 26.9 Å². The molecule has 2 aromatic carbocycles. The van der Waals surface area contributed by atoms with Crippen LogP contribution in [0, 0.1) is 0 Å². The Morgan fingerprint density at radius 1 is 1.16 bits per heavy atom. The number of aliphatic imine (C=N–C) groups is 1. The lowest BCUT2D eigenvalue weighted by Crippen LogP contribution is -2.54. The van der Waals surface area contributed by atoms with Crippen LogP contribution in [0.15, 0.2) is 52.4 Å². The van der Waals surface area contributed by atoms with Crippen LogP contribution >= 0.6 is 11.3 Å². The van der Waals surface area contributed by atoms with Gasteiger partial charge in [-0.25, -0.2) is 9.78 Å². The van der Waals surface area contributed by atoms with Crippen LogP contribution in [0.5, 0.6) is 5.75 Å². The summed E-state index contributed by atoms with van der Waals surface area (Å²) in [6.07, 6.45) is 3.18. The van der Waals surface area contributed by atoms with Gasteiger partial charge in [-0.3, -0.25) is 15.0 Å². The van der Waals surface area contributed by atoms with E-state index in [9.17, 15) is 18.0 Å². The summed E-state index contributed by atoms with van der Waals surface area (Å²) < 4.78 is 38.4. The summed E-state index contributed by atoms with van der Waals surface area (Å²) in [6.45, 7) is 15.8. The number of amides is 1. The number of isocyanates is 1. The molecule has 2 unspecified atom stereocenters. The Bertz CT molecular complexity index is 1630. The van der Waals surface area contributed by atoms with Crippen molar-refractivity contribution in [3.63, 3.8) is 0 Å².